The van der Waals surface area contributed by atoms with E-state index in [4.69, 9.17) is 5.11 Å². The van der Waals surface area contributed by atoms with Crippen LogP contribution < -0.4 is 43.3 Å². The summed E-state index contributed by atoms with van der Waals surface area (Å²) < 4.78 is 5.52. The molecule has 1 aliphatic rings. The predicted molar refractivity (Wildman–Crippen MR) is 107 cm³/mol. The van der Waals surface area contributed by atoms with Crippen molar-refractivity contribution in [2.75, 3.05) is 19.3 Å². The molecule has 6 nitrogen and oxygen atoms in total. The van der Waals surface area contributed by atoms with Gasteiger partial charge >= 0.3 is 5.97 Å². The van der Waals surface area contributed by atoms with Gasteiger partial charge in [-0.3, -0.25) is 14.2 Å². The highest BCUT2D eigenvalue weighted by Gasteiger charge is 2.20. The van der Waals surface area contributed by atoms with E-state index in [1.807, 2.05) is 36.9 Å². The minimum Gasteiger partial charge on any atom is -1.00 e. The molecule has 0 unspecified atom stereocenters. The molecule has 0 amide bonds. The van der Waals surface area contributed by atoms with Crippen LogP contribution in [0.4, 0.5) is 0 Å². The van der Waals surface area contributed by atoms with Gasteiger partial charge in [-0.15, -0.1) is 23.1 Å². The maximum absolute atomic E-state index is 12.9. The molecule has 2 aromatic rings. The maximum Gasteiger partial charge on any atom is 0.309 e. The molecule has 0 atom stereocenters. The van der Waals surface area contributed by atoms with Crippen molar-refractivity contribution < 1.29 is 38.4 Å². The second-order valence-electron chi connectivity index (χ2n) is 6.05. The summed E-state index contributed by atoms with van der Waals surface area (Å²) in [5.41, 5.74) is 1.09. The number of aromatic nitrogens is 2. The van der Waals surface area contributed by atoms with Crippen molar-refractivity contribution in [3.63, 3.8) is 0 Å². The predicted octanol–water partition coefficient (Wildman–Crippen LogP) is -2.36. The summed E-state index contributed by atoms with van der Waals surface area (Å²) in [6.45, 7) is 5.96. The zero-order valence-corrected chi connectivity index (χ0v) is 20.0. The minimum absolute atomic E-state index is 0. The molecule has 0 radical (unpaired) electrons. The van der Waals surface area contributed by atoms with Gasteiger partial charge < -0.3 is 34.0 Å². The molecule has 10 heteroatoms. The molecule has 0 aliphatic carbocycles. The first-order valence-corrected chi connectivity index (χ1v) is 11.1. The molecule has 1 aliphatic heterocycles. The van der Waals surface area contributed by atoms with Crippen LogP contribution in [0.1, 0.15) is 24.0 Å². The van der Waals surface area contributed by atoms with Gasteiger partial charge in [0.1, 0.15) is 15.6 Å². The number of halogens is 1. The van der Waals surface area contributed by atoms with Crippen molar-refractivity contribution in [2.24, 2.45) is 0 Å². The highest BCUT2D eigenvalue weighted by atomic mass is 127. The van der Waals surface area contributed by atoms with E-state index in [0.29, 0.717) is 13.1 Å². The lowest BCUT2D eigenvalue weighted by Crippen LogP contribution is -3.00. The average Bonchev–Trinajstić information content (AvgIpc) is 3.24. The van der Waals surface area contributed by atoms with Gasteiger partial charge in [-0.1, -0.05) is 11.3 Å². The van der Waals surface area contributed by atoms with Gasteiger partial charge in [-0.2, -0.15) is 4.57 Å². The third-order valence-electron chi connectivity index (χ3n) is 4.27. The smallest absolute Gasteiger partial charge is 0.309 e. The summed E-state index contributed by atoms with van der Waals surface area (Å²) in [6.07, 6.45) is 2.09. The molecular formula is C17H22IN3O3S3. The molecule has 0 spiro atoms. The molecule has 0 saturated carbocycles. The summed E-state index contributed by atoms with van der Waals surface area (Å²) in [5, 5.41) is 13.0. The fourth-order valence-electron chi connectivity index (χ4n) is 2.86. The Hall–Kier alpha value is -0.850. The van der Waals surface area contributed by atoms with E-state index in [1.54, 1.807) is 27.7 Å². The molecule has 1 saturated heterocycles. The Kier molecular flexibility index (Phi) is 7.95. The number of hydrogen-bond acceptors (Lipinski definition) is 6. The first-order chi connectivity index (χ1) is 12.4. The van der Waals surface area contributed by atoms with Crippen molar-refractivity contribution in [3.8, 4) is 0 Å². The first-order valence-electron chi connectivity index (χ1n) is 8.41. The number of aryl methyl sites for hydroxylation is 1. The van der Waals surface area contributed by atoms with E-state index in [1.165, 1.54) is 11.3 Å². The third kappa shape index (κ3) is 4.77. The summed E-state index contributed by atoms with van der Waals surface area (Å²) in [6, 6.07) is 0. The van der Waals surface area contributed by atoms with Crippen LogP contribution in [0.25, 0.3) is 11.1 Å². The number of carboxylic acid groups (broad SMARTS) is 1. The number of carboxylic acids is 1. The Bertz CT molecular complexity index is 1010. The van der Waals surface area contributed by atoms with E-state index in [0.717, 1.165) is 37.2 Å². The third-order valence-corrected chi connectivity index (χ3v) is 7.74. The molecule has 1 N–H and O–H groups in total. The number of thiazole rings is 2. The maximum atomic E-state index is 12.9. The first kappa shape index (κ1) is 22.4. The van der Waals surface area contributed by atoms with E-state index in [2.05, 4.69) is 4.90 Å². The highest BCUT2D eigenvalue weighted by Crippen LogP contribution is 2.25. The van der Waals surface area contributed by atoms with Gasteiger partial charge in [0.15, 0.2) is 12.2 Å². The number of carbonyl (C=O) groups is 1. The Morgan fingerprint density at radius 3 is 2.78 bits per heavy atom. The van der Waals surface area contributed by atoms with Crippen LogP contribution in [0.15, 0.2) is 10.2 Å². The average molecular weight is 539 g/mol. The molecule has 0 aromatic carbocycles. The Balaban J connectivity index is 0.00000261. The standard InChI is InChI=1S/C17H21N3O3S3.HI/c1-4-19-13(26-15(16(19)23)17-18(3)7-8-24-17)9-12-20(6-5-14(21)22)11(2)10-25-12;/h9-10H,4-8H2,1-3H3;1H. The molecule has 148 valence electrons. The fourth-order valence-corrected chi connectivity index (χ4v) is 6.42. The molecular weight excluding hydrogens is 517 g/mol. The second-order valence-corrected chi connectivity index (χ2v) is 9.05. The topological polar surface area (TPSA) is 66.4 Å². The van der Waals surface area contributed by atoms with Crippen LogP contribution in [-0.4, -0.2) is 39.9 Å². The quantitative estimate of drug-likeness (QED) is 0.341. The molecule has 2 aromatic heterocycles. The number of thioether (sulfide) groups is 1. The van der Waals surface area contributed by atoms with Gasteiger partial charge in [0.25, 0.3) is 10.6 Å². The lowest BCUT2D eigenvalue weighted by atomic mass is 10.4. The van der Waals surface area contributed by atoms with Crippen LogP contribution >= 0.6 is 34.4 Å². The lowest BCUT2D eigenvalue weighted by Gasteiger charge is -2.08. The number of rotatable bonds is 5. The number of nitrogens with zero attached hydrogens (tertiary/aromatic N) is 3. The van der Waals surface area contributed by atoms with Gasteiger partial charge in [-0.05, 0) is 6.92 Å². The molecule has 1 fully saturated rings. The second kappa shape index (κ2) is 9.57. The molecule has 3 rings (SSSR count). The van der Waals surface area contributed by atoms with Crippen LogP contribution in [0.3, 0.4) is 0 Å². The highest BCUT2D eigenvalue weighted by molar-refractivity contribution is 8.08. The largest absolute Gasteiger partial charge is 1.00 e. The molecule has 0 bridgehead atoms. The summed E-state index contributed by atoms with van der Waals surface area (Å²) in [5.74, 6) is 0.198. The van der Waals surface area contributed by atoms with E-state index < -0.39 is 5.97 Å². The van der Waals surface area contributed by atoms with Crippen LogP contribution in [0.2, 0.25) is 0 Å². The van der Waals surface area contributed by atoms with Crippen molar-refractivity contribution in [3.05, 3.63) is 35.6 Å². The van der Waals surface area contributed by atoms with E-state index in [-0.39, 0.29) is 36.0 Å². The van der Waals surface area contributed by atoms with Crippen LogP contribution in [0, 0.1) is 6.92 Å². The number of hydrogen-bond donors (Lipinski definition) is 1. The van der Waals surface area contributed by atoms with Crippen molar-refractivity contribution in [1.82, 2.24) is 9.47 Å². The monoisotopic (exact) mass is 539 g/mol. The summed E-state index contributed by atoms with van der Waals surface area (Å²) >= 11 is 4.83. The van der Waals surface area contributed by atoms with Crippen molar-refractivity contribution in [1.29, 1.82) is 0 Å². The van der Waals surface area contributed by atoms with Gasteiger partial charge in [0.05, 0.1) is 16.5 Å². The van der Waals surface area contributed by atoms with E-state index >= 15 is 0 Å². The van der Waals surface area contributed by atoms with Gasteiger partial charge in [-0.25, -0.2) is 0 Å². The van der Waals surface area contributed by atoms with Crippen LogP contribution in [0.5, 0.6) is 0 Å². The lowest BCUT2D eigenvalue weighted by molar-refractivity contribution is -0.698. The SMILES string of the molecule is CCn1c(=O)c(=C2SCCN2C)s/c1=C\c1scc(C)[n+]1CCC(=O)O.[I-]. The van der Waals surface area contributed by atoms with Gasteiger partial charge in [0, 0.05) is 32.8 Å². The van der Waals surface area contributed by atoms with Crippen molar-refractivity contribution >= 4 is 51.5 Å². The molecule has 27 heavy (non-hydrogen) atoms. The minimum atomic E-state index is -0.810. The Morgan fingerprint density at radius 2 is 2.19 bits per heavy atom. The number of aliphatic carboxylic acids is 1. The summed E-state index contributed by atoms with van der Waals surface area (Å²) in [7, 11) is 2.02. The molecule has 3 heterocycles. The Labute approximate surface area is 186 Å². The summed E-state index contributed by atoms with van der Waals surface area (Å²) in [4.78, 5) is 25.9. The zero-order chi connectivity index (χ0) is 18.8. The normalized spacial score (nSPS) is 16.7. The zero-order valence-electron chi connectivity index (χ0n) is 15.4. The van der Waals surface area contributed by atoms with Crippen molar-refractivity contribution in [2.45, 2.75) is 33.4 Å². The van der Waals surface area contributed by atoms with Crippen LogP contribution in [-0.2, 0) is 17.9 Å². The van der Waals surface area contributed by atoms with E-state index in [9.17, 15) is 9.59 Å². The Morgan fingerprint density at radius 1 is 1.44 bits per heavy atom. The fraction of sp³-hybridized carbons (Fsp3) is 0.471. The van der Waals surface area contributed by atoms with Gasteiger partial charge in [0.2, 0.25) is 0 Å².